The van der Waals surface area contributed by atoms with Crippen LogP contribution in [0.2, 0.25) is 0 Å². The normalized spacial score (nSPS) is 11.0. The fourth-order valence-corrected chi connectivity index (χ4v) is 2.55. The van der Waals surface area contributed by atoms with E-state index in [0.29, 0.717) is 13.1 Å². The summed E-state index contributed by atoms with van der Waals surface area (Å²) in [4.78, 5) is 4.65. The second-order valence-corrected chi connectivity index (χ2v) is 5.63. The molecule has 7 heteroatoms. The lowest BCUT2D eigenvalue weighted by Gasteiger charge is -2.12. The zero-order valence-electron chi connectivity index (χ0n) is 16.0. The Morgan fingerprint density at radius 3 is 2.42 bits per heavy atom. The molecule has 2 aromatic rings. The van der Waals surface area contributed by atoms with E-state index in [4.69, 9.17) is 9.26 Å². The first-order valence-corrected chi connectivity index (χ1v) is 8.83. The molecule has 0 saturated heterocycles. The van der Waals surface area contributed by atoms with Crippen molar-refractivity contribution in [1.29, 1.82) is 0 Å². The van der Waals surface area contributed by atoms with Gasteiger partial charge in [0.1, 0.15) is 11.5 Å². The number of ether oxygens (including phenoxy) is 1. The molecule has 0 amide bonds. The molecule has 0 aliphatic heterocycles. The van der Waals surface area contributed by atoms with Gasteiger partial charge in [0.05, 0.1) is 19.3 Å². The van der Waals surface area contributed by atoms with Crippen LogP contribution in [-0.2, 0) is 25.9 Å². The molecule has 0 unspecified atom stereocenters. The highest BCUT2D eigenvalue weighted by atomic mass is 127. The smallest absolute Gasteiger partial charge is 0.191 e. The molecule has 0 bridgehead atoms. The molecule has 0 radical (unpaired) electrons. The highest BCUT2D eigenvalue weighted by Crippen LogP contribution is 2.15. The van der Waals surface area contributed by atoms with Gasteiger partial charge in [-0.1, -0.05) is 31.1 Å². The Hall–Kier alpha value is -1.77. The Balaban J connectivity index is 0.00000338. The van der Waals surface area contributed by atoms with E-state index in [2.05, 4.69) is 41.6 Å². The van der Waals surface area contributed by atoms with E-state index in [1.807, 2.05) is 24.3 Å². The van der Waals surface area contributed by atoms with Gasteiger partial charge in [-0.05, 0) is 31.0 Å². The second kappa shape index (κ2) is 11.8. The number of nitrogens with zero attached hydrogens (tertiary/aromatic N) is 2. The van der Waals surface area contributed by atoms with E-state index < -0.39 is 0 Å². The molecule has 1 heterocycles. The van der Waals surface area contributed by atoms with Crippen LogP contribution in [0.25, 0.3) is 0 Å². The van der Waals surface area contributed by atoms with Crippen molar-refractivity contribution in [1.82, 2.24) is 15.8 Å². The predicted molar refractivity (Wildman–Crippen MR) is 115 cm³/mol. The number of aliphatic imine (C=N–C) groups is 1. The fraction of sp³-hybridized carbons (Fsp3) is 0.474. The third-order valence-electron chi connectivity index (χ3n) is 3.96. The minimum absolute atomic E-state index is 0. The van der Waals surface area contributed by atoms with Crippen molar-refractivity contribution < 1.29 is 9.26 Å². The van der Waals surface area contributed by atoms with Crippen LogP contribution >= 0.6 is 24.0 Å². The van der Waals surface area contributed by atoms with Crippen LogP contribution in [0.1, 0.15) is 43.4 Å². The van der Waals surface area contributed by atoms with Gasteiger partial charge in [-0.15, -0.1) is 24.0 Å². The van der Waals surface area contributed by atoms with Gasteiger partial charge < -0.3 is 19.9 Å². The van der Waals surface area contributed by atoms with Crippen LogP contribution in [0, 0.1) is 0 Å². The molecule has 2 rings (SSSR count). The molecule has 0 atom stereocenters. The second-order valence-electron chi connectivity index (χ2n) is 5.63. The van der Waals surface area contributed by atoms with Crippen LogP contribution in [0.5, 0.6) is 5.75 Å². The van der Waals surface area contributed by atoms with Crippen molar-refractivity contribution in [2.24, 2.45) is 4.99 Å². The minimum atomic E-state index is 0. The summed E-state index contributed by atoms with van der Waals surface area (Å²) in [5, 5.41) is 10.8. The van der Waals surface area contributed by atoms with Crippen LogP contribution in [0.3, 0.4) is 0 Å². The van der Waals surface area contributed by atoms with E-state index in [0.717, 1.165) is 53.7 Å². The third-order valence-corrected chi connectivity index (χ3v) is 3.96. The van der Waals surface area contributed by atoms with Gasteiger partial charge in [-0.3, -0.25) is 0 Å². The summed E-state index contributed by atoms with van der Waals surface area (Å²) in [5.41, 5.74) is 3.28. The first-order chi connectivity index (χ1) is 12.2. The highest BCUT2D eigenvalue weighted by Gasteiger charge is 2.13. The average Bonchev–Trinajstić information content (AvgIpc) is 3.06. The quantitative estimate of drug-likeness (QED) is 0.349. The maximum atomic E-state index is 5.42. The van der Waals surface area contributed by atoms with E-state index in [1.54, 1.807) is 7.11 Å². The largest absolute Gasteiger partial charge is 0.497 e. The van der Waals surface area contributed by atoms with E-state index in [1.165, 1.54) is 0 Å². The summed E-state index contributed by atoms with van der Waals surface area (Å²) < 4.78 is 10.6. The van der Waals surface area contributed by atoms with Gasteiger partial charge in [-0.2, -0.15) is 0 Å². The van der Waals surface area contributed by atoms with E-state index >= 15 is 0 Å². The Labute approximate surface area is 172 Å². The molecular formula is C19H29IN4O2. The van der Waals surface area contributed by atoms with Gasteiger partial charge in [0.25, 0.3) is 0 Å². The average molecular weight is 472 g/mol. The molecule has 0 aliphatic carbocycles. The van der Waals surface area contributed by atoms with Crippen molar-refractivity contribution >= 4 is 29.9 Å². The number of hydrogen-bond acceptors (Lipinski definition) is 4. The number of aromatic nitrogens is 1. The van der Waals surface area contributed by atoms with E-state index in [-0.39, 0.29) is 24.0 Å². The lowest BCUT2D eigenvalue weighted by atomic mass is 10.1. The number of aryl methyl sites for hydroxylation is 2. The van der Waals surface area contributed by atoms with Crippen molar-refractivity contribution in [3.63, 3.8) is 0 Å². The maximum Gasteiger partial charge on any atom is 0.191 e. The number of methoxy groups -OCH3 is 1. The number of hydrogen-bond donors (Lipinski definition) is 2. The topological polar surface area (TPSA) is 71.7 Å². The van der Waals surface area contributed by atoms with E-state index in [9.17, 15) is 0 Å². The van der Waals surface area contributed by atoms with Crippen molar-refractivity contribution in [2.45, 2.75) is 46.7 Å². The minimum Gasteiger partial charge on any atom is -0.497 e. The van der Waals surface area contributed by atoms with Crippen molar-refractivity contribution in [2.75, 3.05) is 13.7 Å². The maximum absolute atomic E-state index is 5.42. The Kier molecular flexibility index (Phi) is 10.1. The molecule has 0 spiro atoms. The number of guanidine groups is 1. The highest BCUT2D eigenvalue weighted by molar-refractivity contribution is 14.0. The summed E-state index contributed by atoms with van der Waals surface area (Å²) in [7, 11) is 1.67. The van der Waals surface area contributed by atoms with Crippen molar-refractivity contribution in [3.8, 4) is 5.75 Å². The zero-order chi connectivity index (χ0) is 18.1. The van der Waals surface area contributed by atoms with Crippen molar-refractivity contribution in [3.05, 3.63) is 46.8 Å². The fourth-order valence-electron chi connectivity index (χ4n) is 2.55. The van der Waals surface area contributed by atoms with Gasteiger partial charge in [0.2, 0.25) is 0 Å². The van der Waals surface area contributed by atoms with Gasteiger partial charge in [0.15, 0.2) is 5.96 Å². The molecule has 0 saturated carbocycles. The molecule has 6 nitrogen and oxygen atoms in total. The van der Waals surface area contributed by atoms with Crippen LogP contribution in [0.4, 0.5) is 0 Å². The first kappa shape index (κ1) is 22.3. The predicted octanol–water partition coefficient (Wildman–Crippen LogP) is 3.68. The monoisotopic (exact) mass is 472 g/mol. The summed E-state index contributed by atoms with van der Waals surface area (Å²) in [6.45, 7) is 8.28. The lowest BCUT2D eigenvalue weighted by Crippen LogP contribution is -2.37. The molecule has 0 fully saturated rings. The number of benzene rings is 1. The Bertz CT molecular complexity index is 662. The van der Waals surface area contributed by atoms with Crippen LogP contribution in [0.15, 0.2) is 33.8 Å². The molecule has 26 heavy (non-hydrogen) atoms. The molecule has 2 N–H and O–H groups in total. The SMILES string of the molecule is CCNC(=NCc1ccc(OC)cc1)NCc1c(CC)noc1CC.I. The molecule has 1 aromatic carbocycles. The van der Waals surface area contributed by atoms with Gasteiger partial charge in [0, 0.05) is 25.1 Å². The van der Waals surface area contributed by atoms with Gasteiger partial charge in [-0.25, -0.2) is 4.99 Å². The standard InChI is InChI=1S/C19H28N4O2.HI/c1-5-17-16(18(6-2)25-23-17)13-22-19(20-7-3)21-12-14-8-10-15(24-4)11-9-14;/h8-11H,5-7,12-13H2,1-4H3,(H2,20,21,22);1H. The Morgan fingerprint density at radius 1 is 1.12 bits per heavy atom. The molecule has 1 aromatic heterocycles. The van der Waals surface area contributed by atoms with Gasteiger partial charge >= 0.3 is 0 Å². The number of rotatable bonds is 8. The zero-order valence-corrected chi connectivity index (χ0v) is 18.3. The number of nitrogens with one attached hydrogen (secondary N) is 2. The molecular weight excluding hydrogens is 443 g/mol. The molecule has 0 aliphatic rings. The summed E-state index contributed by atoms with van der Waals surface area (Å²) in [6.07, 6.45) is 1.70. The summed E-state index contributed by atoms with van der Waals surface area (Å²) in [5.74, 6) is 2.57. The van der Waals surface area contributed by atoms with Crippen LogP contribution < -0.4 is 15.4 Å². The van der Waals surface area contributed by atoms with Crippen LogP contribution in [-0.4, -0.2) is 24.8 Å². The Morgan fingerprint density at radius 2 is 1.85 bits per heavy atom. The first-order valence-electron chi connectivity index (χ1n) is 8.83. The summed E-state index contributed by atoms with van der Waals surface area (Å²) >= 11 is 0. The lowest BCUT2D eigenvalue weighted by molar-refractivity contribution is 0.380. The molecule has 144 valence electrons. The summed E-state index contributed by atoms with van der Waals surface area (Å²) in [6, 6.07) is 7.94. The number of halogens is 1. The third kappa shape index (κ3) is 6.19.